The zero-order valence-corrected chi connectivity index (χ0v) is 12.0. The van der Waals surface area contributed by atoms with Crippen LogP contribution in [0.2, 0.25) is 0 Å². The maximum Gasteiger partial charge on any atom is 0.236 e. The quantitative estimate of drug-likeness (QED) is 0.887. The van der Waals surface area contributed by atoms with Gasteiger partial charge in [-0.2, -0.15) is 0 Å². The van der Waals surface area contributed by atoms with Gasteiger partial charge in [0, 0.05) is 0 Å². The van der Waals surface area contributed by atoms with Crippen LogP contribution in [0.5, 0.6) is 0 Å². The minimum atomic E-state index is 0.0763. The molecule has 0 spiro atoms. The number of hydrogen-bond donors (Lipinski definition) is 1. The van der Waals surface area contributed by atoms with E-state index in [1.807, 2.05) is 18.9 Å². The molecule has 1 saturated heterocycles. The van der Waals surface area contributed by atoms with E-state index < -0.39 is 0 Å². The summed E-state index contributed by atoms with van der Waals surface area (Å²) >= 11 is 1.76. The number of aryl methyl sites for hydroxylation is 1. The van der Waals surface area contributed by atoms with Crippen LogP contribution in [0.4, 0.5) is 0 Å². The van der Waals surface area contributed by atoms with Crippen molar-refractivity contribution in [2.45, 2.75) is 24.5 Å². The van der Waals surface area contributed by atoms with E-state index >= 15 is 0 Å². The number of thioether (sulfide) groups is 1. The lowest BCUT2D eigenvalue weighted by Crippen LogP contribution is -2.81. The number of nitrogens with two attached hydrogens (primary N) is 1. The van der Waals surface area contributed by atoms with Crippen LogP contribution in [0.15, 0.2) is 24.3 Å². The second-order valence-electron chi connectivity index (χ2n) is 4.77. The molecule has 2 rings (SSSR count). The molecule has 1 heterocycles. The topological polar surface area (TPSA) is 36.9 Å². The first-order valence-electron chi connectivity index (χ1n) is 6.44. The van der Waals surface area contributed by atoms with E-state index in [4.69, 9.17) is 0 Å². The van der Waals surface area contributed by atoms with Crippen LogP contribution in [0.1, 0.15) is 23.4 Å². The monoisotopic (exact) mass is 265 g/mol. The highest BCUT2D eigenvalue weighted by atomic mass is 32.2. The summed E-state index contributed by atoms with van der Waals surface area (Å²) in [5, 5.41) is 2.38. The van der Waals surface area contributed by atoms with Gasteiger partial charge >= 0.3 is 0 Å². The molecule has 1 amide bonds. The largest absolute Gasteiger partial charge is 0.347 e. The summed E-state index contributed by atoms with van der Waals surface area (Å²) in [4.78, 5) is 14.2. The predicted molar refractivity (Wildman–Crippen MR) is 75.4 cm³/mol. The maximum absolute atomic E-state index is 12.2. The van der Waals surface area contributed by atoms with Gasteiger partial charge < -0.3 is 10.2 Å². The van der Waals surface area contributed by atoms with E-state index in [9.17, 15) is 4.79 Å². The number of amides is 1. The van der Waals surface area contributed by atoms with Gasteiger partial charge in [-0.05, 0) is 19.4 Å². The van der Waals surface area contributed by atoms with Gasteiger partial charge in [-0.3, -0.25) is 4.79 Å². The lowest BCUT2D eigenvalue weighted by Gasteiger charge is -2.23. The van der Waals surface area contributed by atoms with Gasteiger partial charge in [0.25, 0.3) is 0 Å². The molecule has 2 atom stereocenters. The second-order valence-corrected chi connectivity index (χ2v) is 6.20. The van der Waals surface area contributed by atoms with Crippen LogP contribution < -0.4 is 5.32 Å². The molecular formula is C14H21N2OS+. The van der Waals surface area contributed by atoms with Crippen LogP contribution >= 0.6 is 11.8 Å². The van der Waals surface area contributed by atoms with Crippen molar-refractivity contribution in [2.75, 3.05) is 20.1 Å². The van der Waals surface area contributed by atoms with Crippen molar-refractivity contribution in [2.24, 2.45) is 0 Å². The van der Waals surface area contributed by atoms with Crippen LogP contribution in [-0.2, 0) is 4.79 Å². The standard InChI is InChI=1S/C14H20N2OS/c1-10-5-4-6-12(9-10)14-16(8-7-15-3)13(17)11(2)18-14/h4-6,9,11,14-15H,7-8H2,1-3H3/p+1/t11-,14-/m0/s1. The van der Waals surface area contributed by atoms with Crippen LogP contribution in [-0.4, -0.2) is 36.2 Å². The Bertz CT molecular complexity index is 436. The van der Waals surface area contributed by atoms with Crippen molar-refractivity contribution >= 4 is 17.7 Å². The molecule has 98 valence electrons. The highest BCUT2D eigenvalue weighted by Crippen LogP contribution is 2.42. The van der Waals surface area contributed by atoms with Crippen LogP contribution in [0, 0.1) is 6.92 Å². The van der Waals surface area contributed by atoms with Crippen LogP contribution in [0.3, 0.4) is 0 Å². The summed E-state index contributed by atoms with van der Waals surface area (Å²) in [6, 6.07) is 8.48. The third-order valence-corrected chi connectivity index (χ3v) is 4.63. The number of nitrogens with zero attached hydrogens (tertiary/aromatic N) is 1. The minimum absolute atomic E-state index is 0.0763. The molecule has 1 aliphatic rings. The average molecular weight is 265 g/mol. The maximum atomic E-state index is 12.2. The van der Waals surface area contributed by atoms with Crippen LogP contribution in [0.25, 0.3) is 0 Å². The normalized spacial score (nSPS) is 23.7. The number of benzene rings is 1. The average Bonchev–Trinajstić information content (AvgIpc) is 2.64. The Kier molecular flexibility index (Phi) is 4.30. The predicted octanol–water partition coefficient (Wildman–Crippen LogP) is 1.15. The van der Waals surface area contributed by atoms with Gasteiger partial charge in [-0.15, -0.1) is 11.8 Å². The first-order chi connectivity index (χ1) is 8.63. The highest BCUT2D eigenvalue weighted by molar-refractivity contribution is 8.01. The molecule has 1 aliphatic heterocycles. The zero-order chi connectivity index (χ0) is 13.1. The Morgan fingerprint density at radius 2 is 2.22 bits per heavy atom. The Balaban J connectivity index is 2.22. The van der Waals surface area contributed by atoms with E-state index in [1.165, 1.54) is 11.1 Å². The number of quaternary nitrogens is 1. The molecule has 1 aromatic carbocycles. The Morgan fingerprint density at radius 3 is 2.89 bits per heavy atom. The molecule has 0 unspecified atom stereocenters. The first-order valence-corrected chi connectivity index (χ1v) is 7.38. The van der Waals surface area contributed by atoms with Crippen molar-refractivity contribution in [3.8, 4) is 0 Å². The Labute approximate surface area is 113 Å². The van der Waals surface area contributed by atoms with Crippen molar-refractivity contribution in [3.63, 3.8) is 0 Å². The summed E-state index contributed by atoms with van der Waals surface area (Å²) in [5.74, 6) is 0.272. The molecule has 3 nitrogen and oxygen atoms in total. The summed E-state index contributed by atoms with van der Waals surface area (Å²) < 4.78 is 0. The van der Waals surface area contributed by atoms with Gasteiger partial charge in [0.05, 0.1) is 25.4 Å². The molecule has 1 fully saturated rings. The lowest BCUT2D eigenvalue weighted by atomic mass is 10.1. The van der Waals surface area contributed by atoms with Gasteiger partial charge in [-0.25, -0.2) is 0 Å². The molecule has 0 aliphatic carbocycles. The lowest BCUT2D eigenvalue weighted by molar-refractivity contribution is -0.626. The number of hydrogen-bond acceptors (Lipinski definition) is 2. The van der Waals surface area contributed by atoms with E-state index in [1.54, 1.807) is 11.8 Å². The molecule has 2 N–H and O–H groups in total. The van der Waals surface area contributed by atoms with E-state index in [-0.39, 0.29) is 16.5 Å². The smallest absolute Gasteiger partial charge is 0.236 e. The highest BCUT2D eigenvalue weighted by Gasteiger charge is 2.38. The molecule has 0 aromatic heterocycles. The minimum Gasteiger partial charge on any atom is -0.347 e. The third-order valence-electron chi connectivity index (χ3n) is 3.23. The molecular weight excluding hydrogens is 244 g/mol. The fraction of sp³-hybridized carbons (Fsp3) is 0.500. The molecule has 18 heavy (non-hydrogen) atoms. The molecule has 0 saturated carbocycles. The van der Waals surface area contributed by atoms with Gasteiger partial charge in [0.15, 0.2) is 0 Å². The zero-order valence-electron chi connectivity index (χ0n) is 11.2. The first kappa shape index (κ1) is 13.4. The number of likely N-dealkylation sites (N-methyl/N-ethyl adjacent to an activating group) is 1. The Hall–Kier alpha value is -1.00. The van der Waals surface area contributed by atoms with Gasteiger partial charge in [0.1, 0.15) is 5.37 Å². The SMILES string of the molecule is C[NH2+]CCN1C(=O)[C@H](C)S[C@H]1c1cccc(C)c1. The Morgan fingerprint density at radius 1 is 1.44 bits per heavy atom. The summed E-state index contributed by atoms with van der Waals surface area (Å²) in [7, 11) is 2.04. The molecule has 0 bridgehead atoms. The van der Waals surface area contributed by atoms with Crippen molar-refractivity contribution < 1.29 is 10.1 Å². The van der Waals surface area contributed by atoms with Gasteiger partial charge in [-0.1, -0.05) is 29.8 Å². The van der Waals surface area contributed by atoms with E-state index in [0.29, 0.717) is 0 Å². The van der Waals surface area contributed by atoms with Gasteiger partial charge in [0.2, 0.25) is 5.91 Å². The second kappa shape index (κ2) is 5.76. The van der Waals surface area contributed by atoms with Crippen molar-refractivity contribution in [3.05, 3.63) is 35.4 Å². The summed E-state index contributed by atoms with van der Waals surface area (Å²) in [6.45, 7) is 5.89. The van der Waals surface area contributed by atoms with E-state index in [2.05, 4.69) is 36.5 Å². The summed E-state index contributed by atoms with van der Waals surface area (Å²) in [6.07, 6.45) is 0. The number of carbonyl (C=O) groups excluding carboxylic acids is 1. The van der Waals surface area contributed by atoms with Crippen molar-refractivity contribution in [1.29, 1.82) is 0 Å². The summed E-state index contributed by atoms with van der Waals surface area (Å²) in [5.41, 5.74) is 2.50. The molecule has 0 radical (unpaired) electrons. The van der Waals surface area contributed by atoms with Crippen molar-refractivity contribution in [1.82, 2.24) is 4.90 Å². The van der Waals surface area contributed by atoms with E-state index in [0.717, 1.165) is 13.1 Å². The molecule has 1 aromatic rings. The fourth-order valence-electron chi connectivity index (χ4n) is 2.25. The fourth-order valence-corrected chi connectivity index (χ4v) is 3.55. The third kappa shape index (κ3) is 2.70. The number of rotatable bonds is 4. The molecule has 4 heteroatoms. The number of carbonyl (C=O) groups is 1.